The van der Waals surface area contributed by atoms with Crippen molar-refractivity contribution in [2.24, 2.45) is 5.73 Å². The van der Waals surface area contributed by atoms with Crippen LogP contribution in [0.2, 0.25) is 0 Å². The molecule has 2 aliphatic rings. The summed E-state index contributed by atoms with van der Waals surface area (Å²) in [6.07, 6.45) is 0.118. The van der Waals surface area contributed by atoms with Gasteiger partial charge in [0.2, 0.25) is 0 Å². The second-order valence-electron chi connectivity index (χ2n) is 9.17. The molecule has 2 atom stereocenters. The monoisotopic (exact) mass is 547 g/mol. The van der Waals surface area contributed by atoms with Crippen LogP contribution < -0.4 is 21.0 Å². The molecule has 0 bridgehead atoms. The first-order valence-electron chi connectivity index (χ1n) is 12.4. The number of rotatable bonds is 8. The van der Waals surface area contributed by atoms with E-state index >= 15 is 8.78 Å². The molecule has 2 saturated heterocycles. The molecule has 0 aliphatic carbocycles. The minimum absolute atomic E-state index is 0.0715. The molecule has 4 rings (SSSR count). The number of methoxy groups -OCH3 is 1. The van der Waals surface area contributed by atoms with Crippen LogP contribution in [-0.4, -0.2) is 74.0 Å². The first kappa shape index (κ1) is 27.7. The van der Waals surface area contributed by atoms with Gasteiger partial charge in [0.15, 0.2) is 16.7 Å². The number of ether oxygens (including phenoxy) is 2. The van der Waals surface area contributed by atoms with E-state index in [1.165, 1.54) is 21.9 Å². The standard InChI is InChI=1S/C26H31F2N5O4S/c1-36-23(38)8-7-19-16-32(26(35)37-19)18-14-20(27)24(21(28)15-18)31-10-9-30-33(12-11-31)25(34)22(29)13-17-5-3-2-4-6-17/h2-6,14-15,19,22,30H,7-13,16,29H2,1H3/t19-,22-/m0/s1. The second kappa shape index (κ2) is 12.5. The van der Waals surface area contributed by atoms with Gasteiger partial charge in [-0.15, -0.1) is 0 Å². The number of cyclic esters (lactones) is 1. The molecule has 0 unspecified atom stereocenters. The predicted octanol–water partition coefficient (Wildman–Crippen LogP) is 2.77. The minimum Gasteiger partial charge on any atom is -0.490 e. The molecule has 9 nitrogen and oxygen atoms in total. The molecule has 2 aromatic rings. The zero-order chi connectivity index (χ0) is 27.2. The zero-order valence-electron chi connectivity index (χ0n) is 21.1. The number of nitrogens with zero attached hydrogens (tertiary/aromatic N) is 3. The van der Waals surface area contributed by atoms with Gasteiger partial charge < -0.3 is 20.1 Å². The number of hydrogen-bond donors (Lipinski definition) is 2. The summed E-state index contributed by atoms with van der Waals surface area (Å²) in [5.74, 6) is -1.91. The molecular weight excluding hydrogens is 516 g/mol. The normalized spacial score (nSPS) is 18.7. The highest BCUT2D eigenvalue weighted by Gasteiger charge is 2.34. The van der Waals surface area contributed by atoms with Crippen LogP contribution in [0.25, 0.3) is 0 Å². The van der Waals surface area contributed by atoms with Crippen LogP contribution >= 0.6 is 12.2 Å². The van der Waals surface area contributed by atoms with Crippen molar-refractivity contribution in [1.29, 1.82) is 0 Å². The topological polar surface area (TPSA) is 100 Å². The first-order valence-corrected chi connectivity index (χ1v) is 12.8. The second-order valence-corrected chi connectivity index (χ2v) is 9.63. The fourth-order valence-electron chi connectivity index (χ4n) is 4.57. The van der Waals surface area contributed by atoms with Crippen LogP contribution in [0.3, 0.4) is 0 Å². The Morgan fingerprint density at radius 1 is 1.21 bits per heavy atom. The number of carbonyl (C=O) groups is 2. The number of hydrazine groups is 1. The summed E-state index contributed by atoms with van der Waals surface area (Å²) in [5.41, 5.74) is 9.95. The molecule has 0 radical (unpaired) electrons. The number of benzene rings is 2. The van der Waals surface area contributed by atoms with E-state index in [2.05, 4.69) is 5.43 Å². The van der Waals surface area contributed by atoms with Crippen molar-refractivity contribution in [3.63, 3.8) is 0 Å². The van der Waals surface area contributed by atoms with Crippen molar-refractivity contribution in [1.82, 2.24) is 10.4 Å². The maximum Gasteiger partial charge on any atom is 0.414 e. The third-order valence-corrected chi connectivity index (χ3v) is 6.93. The van der Waals surface area contributed by atoms with Gasteiger partial charge in [0.05, 0.1) is 31.9 Å². The van der Waals surface area contributed by atoms with Gasteiger partial charge in [-0.05, 0) is 30.6 Å². The molecule has 2 fully saturated rings. The van der Waals surface area contributed by atoms with Gasteiger partial charge in [-0.2, -0.15) is 0 Å². The van der Waals surface area contributed by atoms with E-state index in [1.807, 2.05) is 30.3 Å². The SMILES string of the molecule is COC(=S)CC[C@H]1CN(c2cc(F)c(N3CCNN(C(=O)[C@@H](N)Cc4ccccc4)CC3)c(F)c2)C(=O)O1. The lowest BCUT2D eigenvalue weighted by Gasteiger charge is -2.26. The Balaban J connectivity index is 1.39. The molecule has 2 amide bonds. The third-order valence-electron chi connectivity index (χ3n) is 6.56. The molecule has 2 heterocycles. The number of hydrogen-bond acceptors (Lipinski definition) is 8. The Kier molecular flexibility index (Phi) is 9.08. The van der Waals surface area contributed by atoms with Crippen LogP contribution in [0.4, 0.5) is 25.0 Å². The van der Waals surface area contributed by atoms with Gasteiger partial charge in [0.1, 0.15) is 11.8 Å². The summed E-state index contributed by atoms with van der Waals surface area (Å²) in [6, 6.07) is 11.0. The number of nitrogens with one attached hydrogen (secondary N) is 1. The fraction of sp³-hybridized carbons (Fsp3) is 0.423. The van der Waals surface area contributed by atoms with Crippen molar-refractivity contribution >= 4 is 40.6 Å². The summed E-state index contributed by atoms with van der Waals surface area (Å²) in [6.45, 7) is 1.08. The zero-order valence-corrected chi connectivity index (χ0v) is 21.9. The summed E-state index contributed by atoms with van der Waals surface area (Å²) in [5, 5.41) is 1.80. The number of amides is 2. The molecule has 0 saturated carbocycles. The van der Waals surface area contributed by atoms with Gasteiger partial charge in [0.25, 0.3) is 5.91 Å². The van der Waals surface area contributed by atoms with E-state index < -0.39 is 29.9 Å². The Morgan fingerprint density at radius 3 is 2.61 bits per heavy atom. The van der Waals surface area contributed by atoms with E-state index in [9.17, 15) is 9.59 Å². The molecule has 0 aromatic heterocycles. The number of carbonyl (C=O) groups excluding carboxylic acids is 2. The average Bonchev–Trinajstić information content (AvgIpc) is 3.11. The summed E-state index contributed by atoms with van der Waals surface area (Å²) in [4.78, 5) is 28.0. The largest absolute Gasteiger partial charge is 0.490 e. The van der Waals surface area contributed by atoms with Gasteiger partial charge in [0, 0.05) is 38.2 Å². The molecule has 38 heavy (non-hydrogen) atoms. The van der Waals surface area contributed by atoms with Crippen LogP contribution in [0.5, 0.6) is 0 Å². The van der Waals surface area contributed by atoms with E-state index in [1.54, 1.807) is 0 Å². The predicted molar refractivity (Wildman–Crippen MR) is 143 cm³/mol. The van der Waals surface area contributed by atoms with Crippen molar-refractivity contribution < 1.29 is 27.8 Å². The van der Waals surface area contributed by atoms with Crippen molar-refractivity contribution in [3.05, 3.63) is 59.7 Å². The fourth-order valence-corrected chi connectivity index (χ4v) is 4.69. The van der Waals surface area contributed by atoms with Crippen LogP contribution in [0.1, 0.15) is 18.4 Å². The van der Waals surface area contributed by atoms with Crippen molar-refractivity contribution in [3.8, 4) is 0 Å². The quantitative estimate of drug-likeness (QED) is 0.487. The Labute approximate surface area is 225 Å². The highest BCUT2D eigenvalue weighted by molar-refractivity contribution is 7.80. The van der Waals surface area contributed by atoms with E-state index in [0.29, 0.717) is 24.3 Å². The highest BCUT2D eigenvalue weighted by atomic mass is 32.1. The Hall–Kier alpha value is -3.35. The number of halogens is 2. The van der Waals surface area contributed by atoms with Crippen LogP contribution in [0.15, 0.2) is 42.5 Å². The average molecular weight is 548 g/mol. The lowest BCUT2D eigenvalue weighted by Crippen LogP contribution is -2.51. The van der Waals surface area contributed by atoms with Crippen LogP contribution in [0, 0.1) is 11.6 Å². The van der Waals surface area contributed by atoms with E-state index in [0.717, 1.165) is 17.7 Å². The summed E-state index contributed by atoms with van der Waals surface area (Å²) in [7, 11) is 1.47. The number of nitrogens with two attached hydrogens (primary N) is 1. The Morgan fingerprint density at radius 2 is 1.92 bits per heavy atom. The molecule has 0 spiro atoms. The minimum atomic E-state index is -0.808. The maximum absolute atomic E-state index is 15.2. The smallest absolute Gasteiger partial charge is 0.414 e. The van der Waals surface area contributed by atoms with Gasteiger partial charge in [-0.25, -0.2) is 19.0 Å². The van der Waals surface area contributed by atoms with Gasteiger partial charge in [-0.1, -0.05) is 30.3 Å². The van der Waals surface area contributed by atoms with Crippen molar-refractivity contribution in [2.45, 2.75) is 31.4 Å². The number of anilines is 2. The van der Waals surface area contributed by atoms with Crippen LogP contribution in [-0.2, 0) is 20.7 Å². The third kappa shape index (κ3) is 6.55. The molecular formula is C26H31F2N5O4S. The Bertz CT molecular complexity index is 1150. The lowest BCUT2D eigenvalue weighted by atomic mass is 10.1. The first-order chi connectivity index (χ1) is 18.3. The maximum atomic E-state index is 15.2. The highest BCUT2D eigenvalue weighted by Crippen LogP contribution is 2.31. The lowest BCUT2D eigenvalue weighted by molar-refractivity contribution is -0.135. The van der Waals surface area contributed by atoms with Crippen molar-refractivity contribution in [2.75, 3.05) is 49.6 Å². The van der Waals surface area contributed by atoms with Gasteiger partial charge in [-0.3, -0.25) is 14.7 Å². The molecule has 204 valence electrons. The van der Waals surface area contributed by atoms with E-state index in [4.69, 9.17) is 27.4 Å². The molecule has 3 N–H and O–H groups in total. The summed E-state index contributed by atoms with van der Waals surface area (Å²) >= 11 is 5.01. The summed E-state index contributed by atoms with van der Waals surface area (Å²) < 4.78 is 40.7. The molecule has 2 aliphatic heterocycles. The molecule has 2 aromatic carbocycles. The van der Waals surface area contributed by atoms with Gasteiger partial charge >= 0.3 is 6.09 Å². The van der Waals surface area contributed by atoms with E-state index in [-0.39, 0.29) is 50.0 Å². The number of thiocarbonyl (C=S) groups is 1. The molecule has 12 heteroatoms.